The standard InChI is InChI=1S/C29H41Cl2N5O8S/c1-19-4-10-35(11-5-19)29(41)44-14-8-20-6-12-34(13-7-20)28(40)32-18-24(27(38)39)33-26(37)25-3-2-9-36(25)45(42,43)23-16-21(30)15-22(31)17-23/h15-17,19-20,24-25H,2-14,18H2,1H3,(H,32,40)(H,33,37)(H,38,39)/t24?,25-/m1/s1. The minimum absolute atomic E-state index is 0.0647. The number of sulfonamides is 1. The Kier molecular flexibility index (Phi) is 12.2. The van der Waals surface area contributed by atoms with Gasteiger partial charge in [-0.2, -0.15) is 4.31 Å². The van der Waals surface area contributed by atoms with E-state index in [0.717, 1.165) is 43.1 Å². The Hall–Kier alpha value is -2.81. The van der Waals surface area contributed by atoms with Crippen molar-refractivity contribution < 1.29 is 37.4 Å². The molecule has 3 N–H and O–H groups in total. The third-order valence-electron chi connectivity index (χ3n) is 8.72. The number of urea groups is 1. The number of likely N-dealkylation sites (tertiary alicyclic amines) is 2. The van der Waals surface area contributed by atoms with E-state index in [1.807, 2.05) is 0 Å². The summed E-state index contributed by atoms with van der Waals surface area (Å²) in [6, 6.07) is 0.804. The Bertz CT molecular complexity index is 1330. The Morgan fingerprint density at radius 1 is 0.956 bits per heavy atom. The number of rotatable bonds is 10. The Labute approximate surface area is 273 Å². The number of piperidine rings is 2. The van der Waals surface area contributed by atoms with E-state index >= 15 is 0 Å². The van der Waals surface area contributed by atoms with Gasteiger partial charge >= 0.3 is 18.1 Å². The molecule has 0 bridgehead atoms. The molecule has 3 fully saturated rings. The van der Waals surface area contributed by atoms with Gasteiger partial charge in [-0.15, -0.1) is 0 Å². The first-order valence-electron chi connectivity index (χ1n) is 15.3. The van der Waals surface area contributed by atoms with Crippen LogP contribution in [0.4, 0.5) is 9.59 Å². The average molecular weight is 691 g/mol. The van der Waals surface area contributed by atoms with E-state index in [-0.39, 0.29) is 40.5 Å². The number of benzene rings is 1. The summed E-state index contributed by atoms with van der Waals surface area (Å²) in [5.74, 6) is -1.23. The summed E-state index contributed by atoms with van der Waals surface area (Å²) < 4.78 is 33.0. The van der Waals surface area contributed by atoms with Crippen molar-refractivity contribution in [2.24, 2.45) is 11.8 Å². The fourth-order valence-corrected chi connectivity index (χ4v) is 8.28. The van der Waals surface area contributed by atoms with Gasteiger partial charge in [0.25, 0.3) is 0 Å². The highest BCUT2D eigenvalue weighted by Gasteiger charge is 2.41. The van der Waals surface area contributed by atoms with E-state index < -0.39 is 40.0 Å². The Morgan fingerprint density at radius 3 is 2.20 bits per heavy atom. The molecule has 250 valence electrons. The average Bonchev–Trinajstić information content (AvgIpc) is 3.50. The first-order valence-corrected chi connectivity index (χ1v) is 17.5. The van der Waals surface area contributed by atoms with Crippen molar-refractivity contribution in [3.63, 3.8) is 0 Å². The van der Waals surface area contributed by atoms with Gasteiger partial charge in [-0.25, -0.2) is 22.8 Å². The number of hydrogen-bond donors (Lipinski definition) is 3. The van der Waals surface area contributed by atoms with E-state index in [1.54, 1.807) is 9.80 Å². The van der Waals surface area contributed by atoms with Crippen molar-refractivity contribution in [3.8, 4) is 0 Å². The monoisotopic (exact) mass is 689 g/mol. The molecule has 3 aliphatic heterocycles. The lowest BCUT2D eigenvalue weighted by molar-refractivity contribution is -0.142. The number of carbonyl (C=O) groups is 4. The summed E-state index contributed by atoms with van der Waals surface area (Å²) in [6.45, 7) is 4.56. The lowest BCUT2D eigenvalue weighted by Crippen LogP contribution is -2.55. The zero-order valence-corrected chi connectivity index (χ0v) is 27.6. The number of aliphatic carboxylic acids is 1. The van der Waals surface area contributed by atoms with Crippen molar-refractivity contribution in [2.75, 3.05) is 45.9 Å². The number of ether oxygens (including phenoxy) is 1. The topological polar surface area (TPSA) is 166 Å². The van der Waals surface area contributed by atoms with Crippen molar-refractivity contribution in [3.05, 3.63) is 28.2 Å². The molecule has 0 radical (unpaired) electrons. The van der Waals surface area contributed by atoms with Crippen LogP contribution in [0.3, 0.4) is 0 Å². The zero-order valence-electron chi connectivity index (χ0n) is 25.3. The minimum Gasteiger partial charge on any atom is -0.480 e. The van der Waals surface area contributed by atoms with Crippen molar-refractivity contribution in [1.29, 1.82) is 0 Å². The smallest absolute Gasteiger partial charge is 0.409 e. The van der Waals surface area contributed by atoms with Crippen LogP contribution in [0.5, 0.6) is 0 Å². The van der Waals surface area contributed by atoms with Gasteiger partial charge in [0.15, 0.2) is 0 Å². The van der Waals surface area contributed by atoms with E-state index in [0.29, 0.717) is 44.4 Å². The number of halogens is 2. The maximum atomic E-state index is 13.3. The molecule has 1 unspecified atom stereocenters. The van der Waals surface area contributed by atoms with Crippen LogP contribution in [0, 0.1) is 11.8 Å². The number of amides is 4. The third kappa shape index (κ3) is 9.36. The summed E-state index contributed by atoms with van der Waals surface area (Å²) in [4.78, 5) is 53.3. The molecule has 3 aliphatic rings. The molecule has 0 spiro atoms. The van der Waals surface area contributed by atoms with Gasteiger partial charge in [0.1, 0.15) is 12.1 Å². The molecule has 0 aliphatic carbocycles. The molecular weight excluding hydrogens is 649 g/mol. The molecular formula is C29H41Cl2N5O8S. The van der Waals surface area contributed by atoms with Gasteiger partial charge in [0, 0.05) is 42.8 Å². The summed E-state index contributed by atoms with van der Waals surface area (Å²) in [7, 11) is -4.14. The highest BCUT2D eigenvalue weighted by atomic mass is 35.5. The van der Waals surface area contributed by atoms with Gasteiger partial charge in [-0.1, -0.05) is 30.1 Å². The summed E-state index contributed by atoms with van der Waals surface area (Å²) in [5.41, 5.74) is 0. The molecule has 4 rings (SSSR count). The first-order chi connectivity index (χ1) is 21.3. The zero-order chi connectivity index (χ0) is 32.7. The van der Waals surface area contributed by atoms with E-state index in [1.165, 1.54) is 18.2 Å². The van der Waals surface area contributed by atoms with Gasteiger partial charge < -0.3 is 30.3 Å². The number of nitrogens with one attached hydrogen (secondary N) is 2. The lowest BCUT2D eigenvalue weighted by Gasteiger charge is -2.33. The fourth-order valence-electron chi connectivity index (χ4n) is 5.89. The van der Waals surface area contributed by atoms with Crippen molar-refractivity contribution >= 4 is 57.2 Å². The van der Waals surface area contributed by atoms with Crippen molar-refractivity contribution in [1.82, 2.24) is 24.7 Å². The van der Waals surface area contributed by atoms with Crippen LogP contribution in [-0.2, 0) is 24.3 Å². The van der Waals surface area contributed by atoms with Gasteiger partial charge in [0.2, 0.25) is 15.9 Å². The molecule has 13 nitrogen and oxygen atoms in total. The predicted molar refractivity (Wildman–Crippen MR) is 167 cm³/mol. The number of hydrogen-bond acceptors (Lipinski definition) is 7. The highest BCUT2D eigenvalue weighted by Crippen LogP contribution is 2.30. The number of carboxylic acid groups (broad SMARTS) is 1. The van der Waals surface area contributed by atoms with Gasteiger partial charge in [0.05, 0.1) is 18.0 Å². The molecule has 3 heterocycles. The van der Waals surface area contributed by atoms with Crippen molar-refractivity contribution in [2.45, 2.75) is 68.8 Å². The second-order valence-corrected chi connectivity index (χ2v) is 14.7. The van der Waals surface area contributed by atoms with Crippen LogP contribution in [-0.4, -0.2) is 110 Å². The van der Waals surface area contributed by atoms with E-state index in [2.05, 4.69) is 17.6 Å². The molecule has 3 saturated heterocycles. The second-order valence-electron chi connectivity index (χ2n) is 12.0. The van der Waals surface area contributed by atoms with Crippen LogP contribution in [0.1, 0.15) is 51.9 Å². The number of nitrogens with zero attached hydrogens (tertiary/aromatic N) is 3. The minimum atomic E-state index is -4.14. The molecule has 0 saturated carbocycles. The summed E-state index contributed by atoms with van der Waals surface area (Å²) in [5, 5.41) is 14.9. The molecule has 2 atom stereocenters. The molecule has 1 aromatic rings. The molecule has 4 amide bonds. The van der Waals surface area contributed by atoms with Crippen LogP contribution in [0.15, 0.2) is 23.1 Å². The normalized spacial score (nSPS) is 20.9. The first kappa shape index (κ1) is 35.1. The van der Waals surface area contributed by atoms with Crippen LogP contribution >= 0.6 is 23.2 Å². The van der Waals surface area contributed by atoms with Crippen LogP contribution in [0.25, 0.3) is 0 Å². The molecule has 45 heavy (non-hydrogen) atoms. The fraction of sp³-hybridized carbons (Fsp3) is 0.655. The molecule has 0 aromatic heterocycles. The van der Waals surface area contributed by atoms with Crippen LogP contribution in [0.2, 0.25) is 10.0 Å². The summed E-state index contributed by atoms with van der Waals surface area (Å²) >= 11 is 12.0. The quantitative estimate of drug-likeness (QED) is 0.336. The van der Waals surface area contributed by atoms with Gasteiger partial charge in [-0.3, -0.25) is 4.79 Å². The number of carboxylic acids is 1. The summed E-state index contributed by atoms with van der Waals surface area (Å²) in [6.07, 6.45) is 4.44. The van der Waals surface area contributed by atoms with Crippen LogP contribution < -0.4 is 10.6 Å². The highest BCUT2D eigenvalue weighted by molar-refractivity contribution is 7.89. The maximum Gasteiger partial charge on any atom is 0.409 e. The lowest BCUT2D eigenvalue weighted by atomic mass is 9.94. The Balaban J connectivity index is 1.21. The third-order valence-corrected chi connectivity index (χ3v) is 11.0. The molecule has 16 heteroatoms. The Morgan fingerprint density at radius 2 is 1.58 bits per heavy atom. The van der Waals surface area contributed by atoms with E-state index in [9.17, 15) is 32.7 Å². The SMILES string of the molecule is CC1CCN(C(=O)OCCC2CCN(C(=O)NCC(NC(=O)[C@H]3CCCN3S(=O)(=O)c3cc(Cl)cc(Cl)c3)C(=O)O)CC2)CC1. The largest absolute Gasteiger partial charge is 0.480 e. The predicted octanol–water partition coefficient (Wildman–Crippen LogP) is 3.40. The number of carbonyl (C=O) groups excluding carboxylic acids is 3. The van der Waals surface area contributed by atoms with Gasteiger partial charge in [-0.05, 0) is 75.0 Å². The maximum absolute atomic E-state index is 13.3. The van der Waals surface area contributed by atoms with E-state index in [4.69, 9.17) is 27.9 Å². The molecule has 1 aromatic carbocycles. The second kappa shape index (κ2) is 15.7.